The predicted octanol–water partition coefficient (Wildman–Crippen LogP) is 7.40. The standard InChI is InChI=1S/C21H14FN7O2.C3H8.C3H6/c1-11-7-12-14(26-11)4-5-17(19(12)22)31-21-13(9-23)20(24-10-25-21)27-18-8-15(28-29-18)16-3-2-6-30-16;2*1-3-2/h2-8,10,26H,1H3,(H2,24,25,27,28,29);3H2,1-2H3;3H,1H2,2H3. The lowest BCUT2D eigenvalue weighted by atomic mass is 10.2. The Kier molecular flexibility index (Phi) is 9.16. The first-order valence-corrected chi connectivity index (χ1v) is 11.6. The number of nitrogens with zero attached hydrogens (tertiary/aromatic N) is 4. The van der Waals surface area contributed by atoms with E-state index in [1.165, 1.54) is 18.8 Å². The zero-order valence-electron chi connectivity index (χ0n) is 21.1. The molecule has 0 bridgehead atoms. The minimum atomic E-state index is -0.547. The molecule has 0 unspecified atom stereocenters. The third-order valence-electron chi connectivity index (χ3n) is 4.58. The summed E-state index contributed by atoms with van der Waals surface area (Å²) >= 11 is 0. The van der Waals surface area contributed by atoms with Crippen LogP contribution in [0.2, 0.25) is 0 Å². The van der Waals surface area contributed by atoms with Gasteiger partial charge in [0.25, 0.3) is 0 Å². The lowest BCUT2D eigenvalue weighted by Crippen LogP contribution is -2.02. The van der Waals surface area contributed by atoms with E-state index < -0.39 is 5.82 Å². The molecule has 37 heavy (non-hydrogen) atoms. The van der Waals surface area contributed by atoms with Crippen molar-refractivity contribution in [2.45, 2.75) is 34.1 Å². The number of nitriles is 1. The average molecular weight is 502 g/mol. The molecule has 0 amide bonds. The van der Waals surface area contributed by atoms with Crippen LogP contribution in [0.4, 0.5) is 16.0 Å². The van der Waals surface area contributed by atoms with Crippen molar-refractivity contribution < 1.29 is 13.5 Å². The number of halogens is 1. The van der Waals surface area contributed by atoms with Crippen molar-refractivity contribution in [3.05, 3.63) is 78.7 Å². The molecule has 9 nitrogen and oxygen atoms in total. The number of ether oxygens (including phenoxy) is 1. The van der Waals surface area contributed by atoms with Gasteiger partial charge in [0, 0.05) is 22.7 Å². The van der Waals surface area contributed by atoms with E-state index in [9.17, 15) is 9.65 Å². The van der Waals surface area contributed by atoms with E-state index in [-0.39, 0.29) is 23.0 Å². The molecule has 190 valence electrons. The SMILES string of the molecule is C=CC.CCC.Cc1cc2c(F)c(Oc3ncnc(Nc4cc(-c5ccco5)[nH]n4)c3C#N)ccc2[nH]1. The Balaban J connectivity index is 0.000000580. The lowest BCUT2D eigenvalue weighted by Gasteiger charge is -2.10. The quantitative estimate of drug-likeness (QED) is 0.214. The fourth-order valence-electron chi connectivity index (χ4n) is 3.18. The van der Waals surface area contributed by atoms with Crippen LogP contribution in [-0.2, 0) is 0 Å². The molecule has 0 fully saturated rings. The monoisotopic (exact) mass is 501 g/mol. The maximum Gasteiger partial charge on any atom is 0.242 e. The number of H-pyrrole nitrogens is 2. The van der Waals surface area contributed by atoms with Gasteiger partial charge < -0.3 is 19.5 Å². The van der Waals surface area contributed by atoms with E-state index in [0.717, 1.165) is 5.69 Å². The largest absolute Gasteiger partial charge is 0.463 e. The first kappa shape index (κ1) is 26.7. The molecule has 3 N–H and O–H groups in total. The molecule has 4 heterocycles. The zero-order chi connectivity index (χ0) is 26.8. The molecular formula is C27H28FN7O2. The summed E-state index contributed by atoms with van der Waals surface area (Å²) < 4.78 is 25.8. The van der Waals surface area contributed by atoms with E-state index in [4.69, 9.17) is 9.15 Å². The van der Waals surface area contributed by atoms with Gasteiger partial charge in [-0.2, -0.15) is 10.4 Å². The number of allylic oxidation sites excluding steroid dienone is 1. The summed E-state index contributed by atoms with van der Waals surface area (Å²) in [5.41, 5.74) is 2.13. The second-order valence-electron chi connectivity index (χ2n) is 7.79. The third-order valence-corrected chi connectivity index (χ3v) is 4.58. The van der Waals surface area contributed by atoms with Crippen LogP contribution in [-0.4, -0.2) is 25.1 Å². The van der Waals surface area contributed by atoms with Crippen LogP contribution in [0, 0.1) is 24.1 Å². The number of aryl methyl sites for hydroxylation is 1. The fourth-order valence-corrected chi connectivity index (χ4v) is 3.18. The maximum atomic E-state index is 14.9. The molecule has 0 aliphatic carbocycles. The van der Waals surface area contributed by atoms with Crippen LogP contribution >= 0.6 is 0 Å². The molecule has 0 aliphatic heterocycles. The van der Waals surface area contributed by atoms with Gasteiger partial charge in [-0.3, -0.25) is 5.10 Å². The van der Waals surface area contributed by atoms with E-state index in [0.29, 0.717) is 28.2 Å². The summed E-state index contributed by atoms with van der Waals surface area (Å²) in [4.78, 5) is 11.2. The minimum Gasteiger partial charge on any atom is -0.463 e. The molecule has 0 atom stereocenters. The number of hydrogen-bond donors (Lipinski definition) is 3. The highest BCUT2D eigenvalue weighted by Gasteiger charge is 2.18. The lowest BCUT2D eigenvalue weighted by molar-refractivity contribution is 0.428. The Bertz CT molecular complexity index is 1500. The molecule has 0 radical (unpaired) electrons. The van der Waals surface area contributed by atoms with Crippen LogP contribution in [0.3, 0.4) is 0 Å². The van der Waals surface area contributed by atoms with E-state index in [1.807, 2.05) is 19.9 Å². The highest BCUT2D eigenvalue weighted by atomic mass is 19.1. The molecule has 5 aromatic rings. The Hall–Kier alpha value is -4.91. The number of anilines is 2. The van der Waals surface area contributed by atoms with Gasteiger partial charge in [0.2, 0.25) is 5.88 Å². The predicted molar refractivity (Wildman–Crippen MR) is 141 cm³/mol. The molecule has 0 spiro atoms. The molecule has 4 aromatic heterocycles. The Morgan fingerprint density at radius 1 is 1.24 bits per heavy atom. The molecule has 0 saturated heterocycles. The number of rotatable bonds is 5. The summed E-state index contributed by atoms with van der Waals surface area (Å²) in [6.07, 6.45) is 5.77. The number of aromatic nitrogens is 5. The normalized spacial score (nSPS) is 9.95. The summed E-state index contributed by atoms with van der Waals surface area (Å²) in [6, 6.07) is 12.1. The summed E-state index contributed by atoms with van der Waals surface area (Å²) in [5.74, 6) is 0.514. The van der Waals surface area contributed by atoms with E-state index in [2.05, 4.69) is 50.9 Å². The highest BCUT2D eigenvalue weighted by molar-refractivity contribution is 5.83. The van der Waals surface area contributed by atoms with Crippen molar-refractivity contribution in [2.24, 2.45) is 0 Å². The van der Waals surface area contributed by atoms with Crippen LogP contribution < -0.4 is 10.1 Å². The molecule has 1 aromatic carbocycles. The number of hydrogen-bond acceptors (Lipinski definition) is 7. The minimum absolute atomic E-state index is 0.00907. The second kappa shape index (κ2) is 12.7. The van der Waals surface area contributed by atoms with Gasteiger partial charge in [0.05, 0.1) is 6.26 Å². The van der Waals surface area contributed by atoms with Gasteiger partial charge in [-0.1, -0.05) is 26.3 Å². The molecule has 0 saturated carbocycles. The van der Waals surface area contributed by atoms with Crippen molar-refractivity contribution in [2.75, 3.05) is 5.32 Å². The average Bonchev–Trinajstić information content (AvgIpc) is 3.63. The maximum absolute atomic E-state index is 14.9. The first-order chi connectivity index (χ1) is 17.9. The van der Waals surface area contributed by atoms with E-state index >= 15 is 0 Å². The van der Waals surface area contributed by atoms with Crippen LogP contribution in [0.1, 0.15) is 38.4 Å². The van der Waals surface area contributed by atoms with Gasteiger partial charge in [0.1, 0.15) is 18.1 Å². The van der Waals surface area contributed by atoms with Gasteiger partial charge in [-0.05, 0) is 44.2 Å². The number of benzene rings is 1. The van der Waals surface area contributed by atoms with Crippen LogP contribution in [0.15, 0.2) is 66.1 Å². The van der Waals surface area contributed by atoms with Crippen LogP contribution in [0.25, 0.3) is 22.4 Å². The van der Waals surface area contributed by atoms with Crippen molar-refractivity contribution in [1.29, 1.82) is 5.26 Å². The number of furan rings is 1. The Labute approximate surface area is 214 Å². The molecule has 5 rings (SSSR count). The number of fused-ring (bicyclic) bond motifs is 1. The second-order valence-corrected chi connectivity index (χ2v) is 7.79. The molecule has 0 aliphatic rings. The van der Waals surface area contributed by atoms with Gasteiger partial charge in [0.15, 0.2) is 34.5 Å². The topological polar surface area (TPSA) is 128 Å². The Morgan fingerprint density at radius 3 is 2.68 bits per heavy atom. The molecular weight excluding hydrogens is 473 g/mol. The first-order valence-electron chi connectivity index (χ1n) is 11.6. The summed E-state index contributed by atoms with van der Waals surface area (Å²) in [6.45, 7) is 11.3. The number of aromatic amines is 2. The number of nitrogens with one attached hydrogen (secondary N) is 3. The Morgan fingerprint density at radius 2 is 2.00 bits per heavy atom. The third kappa shape index (κ3) is 6.41. The van der Waals surface area contributed by atoms with Crippen molar-refractivity contribution in [3.63, 3.8) is 0 Å². The zero-order valence-corrected chi connectivity index (χ0v) is 21.1. The van der Waals surface area contributed by atoms with Gasteiger partial charge in [-0.25, -0.2) is 14.4 Å². The van der Waals surface area contributed by atoms with Crippen molar-refractivity contribution in [1.82, 2.24) is 25.1 Å². The van der Waals surface area contributed by atoms with Crippen LogP contribution in [0.5, 0.6) is 11.6 Å². The van der Waals surface area contributed by atoms with Gasteiger partial charge in [-0.15, -0.1) is 6.58 Å². The van der Waals surface area contributed by atoms with Crippen molar-refractivity contribution in [3.8, 4) is 29.2 Å². The van der Waals surface area contributed by atoms with Crippen molar-refractivity contribution >= 4 is 22.5 Å². The molecule has 10 heteroatoms. The summed E-state index contributed by atoms with van der Waals surface area (Å²) in [5, 5.41) is 20.0. The van der Waals surface area contributed by atoms with E-state index in [1.54, 1.807) is 42.7 Å². The van der Waals surface area contributed by atoms with Gasteiger partial charge >= 0.3 is 0 Å². The smallest absolute Gasteiger partial charge is 0.242 e. The summed E-state index contributed by atoms with van der Waals surface area (Å²) in [7, 11) is 0. The highest BCUT2D eigenvalue weighted by Crippen LogP contribution is 2.33. The fraction of sp³-hybridized carbons (Fsp3) is 0.185.